The summed E-state index contributed by atoms with van der Waals surface area (Å²) in [6.45, 7) is 3.34. The van der Waals surface area contributed by atoms with Crippen LogP contribution in [0.4, 0.5) is 10.5 Å². The van der Waals surface area contributed by atoms with Gasteiger partial charge in [0.1, 0.15) is 6.10 Å². The van der Waals surface area contributed by atoms with Crippen LogP contribution in [0, 0.1) is 0 Å². The second-order valence-corrected chi connectivity index (χ2v) is 6.46. The molecule has 1 aliphatic carbocycles. The van der Waals surface area contributed by atoms with Gasteiger partial charge in [-0.15, -0.1) is 0 Å². The Morgan fingerprint density at radius 1 is 1.22 bits per heavy atom. The monoisotopic (exact) mass is 338 g/mol. The number of hydrogen-bond donors (Lipinski definition) is 1. The molecule has 0 bridgehead atoms. The minimum atomic E-state index is -0.428. The molecule has 0 radical (unpaired) electrons. The first-order chi connectivity index (χ1) is 11.2. The zero-order valence-corrected chi connectivity index (χ0v) is 13.9. The van der Waals surface area contributed by atoms with Crippen molar-refractivity contribution >= 4 is 23.4 Å². The number of halogens is 1. The van der Waals surface area contributed by atoms with Crippen molar-refractivity contribution in [1.82, 2.24) is 4.90 Å². The molecule has 6 heteroatoms. The number of rotatable bonds is 3. The standard InChI is InChI=1S/C17H23ClN2O3/c18-13-5-1-2-6-14(13)19-17(21)23-16-8-4-3-7-15(16)20-9-11-22-12-10-20/h1-2,5-6,15-16H,3-4,7-12H2,(H,19,21). The lowest BCUT2D eigenvalue weighted by Crippen LogP contribution is -2.51. The van der Waals surface area contributed by atoms with Crippen LogP contribution in [-0.4, -0.2) is 49.4 Å². The number of carbonyl (C=O) groups is 1. The van der Waals surface area contributed by atoms with Gasteiger partial charge < -0.3 is 9.47 Å². The van der Waals surface area contributed by atoms with Gasteiger partial charge in [0, 0.05) is 19.1 Å². The number of amides is 1. The molecule has 2 unspecified atom stereocenters. The quantitative estimate of drug-likeness (QED) is 0.916. The van der Waals surface area contributed by atoms with E-state index in [1.54, 1.807) is 12.1 Å². The molecule has 1 aromatic rings. The molecular weight excluding hydrogens is 316 g/mol. The maximum atomic E-state index is 12.2. The van der Waals surface area contributed by atoms with Crippen molar-refractivity contribution < 1.29 is 14.3 Å². The van der Waals surface area contributed by atoms with Gasteiger partial charge in [0.05, 0.1) is 23.9 Å². The minimum Gasteiger partial charge on any atom is -0.444 e. The predicted molar refractivity (Wildman–Crippen MR) is 90.0 cm³/mol. The van der Waals surface area contributed by atoms with Crippen LogP contribution in [-0.2, 0) is 9.47 Å². The van der Waals surface area contributed by atoms with Crippen molar-refractivity contribution in [3.8, 4) is 0 Å². The van der Waals surface area contributed by atoms with E-state index in [2.05, 4.69) is 10.2 Å². The molecule has 1 amide bonds. The molecule has 1 saturated carbocycles. The molecule has 1 heterocycles. The van der Waals surface area contributed by atoms with E-state index in [0.717, 1.165) is 45.6 Å². The zero-order chi connectivity index (χ0) is 16.1. The molecule has 1 saturated heterocycles. The van der Waals surface area contributed by atoms with Crippen molar-refractivity contribution in [3.05, 3.63) is 29.3 Å². The highest BCUT2D eigenvalue weighted by Gasteiger charge is 2.33. The number of hydrogen-bond acceptors (Lipinski definition) is 4. The molecule has 0 aromatic heterocycles. The second-order valence-electron chi connectivity index (χ2n) is 6.05. The summed E-state index contributed by atoms with van der Waals surface area (Å²) in [4.78, 5) is 14.6. The molecule has 2 aliphatic rings. The Morgan fingerprint density at radius 2 is 1.96 bits per heavy atom. The maximum absolute atomic E-state index is 12.2. The number of ether oxygens (including phenoxy) is 2. The normalized spacial score (nSPS) is 25.8. The van der Waals surface area contributed by atoms with Gasteiger partial charge in [-0.25, -0.2) is 4.79 Å². The molecule has 1 aliphatic heterocycles. The lowest BCUT2D eigenvalue weighted by molar-refractivity contribution is -0.0386. The largest absolute Gasteiger partial charge is 0.444 e. The Balaban J connectivity index is 1.60. The summed E-state index contributed by atoms with van der Waals surface area (Å²) in [5.74, 6) is 0. The summed E-state index contributed by atoms with van der Waals surface area (Å²) >= 11 is 6.07. The minimum absolute atomic E-state index is 0.0654. The Hall–Kier alpha value is -1.30. The third-order valence-electron chi connectivity index (χ3n) is 4.55. The van der Waals surface area contributed by atoms with Crippen molar-refractivity contribution in [2.75, 3.05) is 31.6 Å². The summed E-state index contributed by atoms with van der Waals surface area (Å²) in [7, 11) is 0. The zero-order valence-electron chi connectivity index (χ0n) is 13.2. The van der Waals surface area contributed by atoms with Gasteiger partial charge in [0.15, 0.2) is 0 Å². The SMILES string of the molecule is O=C(Nc1ccccc1Cl)OC1CCCCC1N1CCOCC1. The van der Waals surface area contributed by atoms with Crippen molar-refractivity contribution in [3.63, 3.8) is 0 Å². The molecule has 1 aromatic carbocycles. The second kappa shape index (κ2) is 7.99. The highest BCUT2D eigenvalue weighted by molar-refractivity contribution is 6.33. The summed E-state index contributed by atoms with van der Waals surface area (Å²) in [5, 5.41) is 3.26. The summed E-state index contributed by atoms with van der Waals surface area (Å²) < 4.78 is 11.1. The highest BCUT2D eigenvalue weighted by Crippen LogP contribution is 2.27. The number of anilines is 1. The summed E-state index contributed by atoms with van der Waals surface area (Å²) in [5.41, 5.74) is 0.581. The van der Waals surface area contributed by atoms with Crippen LogP contribution >= 0.6 is 11.6 Å². The van der Waals surface area contributed by atoms with Gasteiger partial charge in [0.25, 0.3) is 0 Å². The molecule has 2 atom stereocenters. The van der Waals surface area contributed by atoms with E-state index >= 15 is 0 Å². The molecule has 23 heavy (non-hydrogen) atoms. The molecule has 1 N–H and O–H groups in total. The lowest BCUT2D eigenvalue weighted by Gasteiger charge is -2.40. The van der Waals surface area contributed by atoms with Crippen molar-refractivity contribution in [1.29, 1.82) is 0 Å². The topological polar surface area (TPSA) is 50.8 Å². The van der Waals surface area contributed by atoms with Crippen LogP contribution in [0.25, 0.3) is 0 Å². The Labute approximate surface area is 141 Å². The van der Waals surface area contributed by atoms with Gasteiger partial charge in [-0.2, -0.15) is 0 Å². The van der Waals surface area contributed by atoms with Gasteiger partial charge >= 0.3 is 6.09 Å². The van der Waals surface area contributed by atoms with Crippen molar-refractivity contribution in [2.45, 2.75) is 37.8 Å². The van der Waals surface area contributed by atoms with Crippen LogP contribution in [0.2, 0.25) is 5.02 Å². The van der Waals surface area contributed by atoms with Crippen LogP contribution in [0.15, 0.2) is 24.3 Å². The predicted octanol–water partition coefficient (Wildman–Crippen LogP) is 3.53. The van der Waals surface area contributed by atoms with E-state index in [9.17, 15) is 4.79 Å². The Morgan fingerprint density at radius 3 is 2.74 bits per heavy atom. The molecule has 3 rings (SSSR count). The van der Waals surface area contributed by atoms with Gasteiger partial charge in [-0.05, 0) is 31.4 Å². The number of carbonyl (C=O) groups excluding carboxylic acids is 1. The third kappa shape index (κ3) is 4.37. The van der Waals surface area contributed by atoms with Gasteiger partial charge in [0.2, 0.25) is 0 Å². The fourth-order valence-corrected chi connectivity index (χ4v) is 3.56. The fraction of sp³-hybridized carbons (Fsp3) is 0.588. The van der Waals surface area contributed by atoms with E-state index in [4.69, 9.17) is 21.1 Å². The molecule has 5 nitrogen and oxygen atoms in total. The average Bonchev–Trinajstić information content (AvgIpc) is 2.58. The number of morpholine rings is 1. The fourth-order valence-electron chi connectivity index (χ4n) is 3.38. The van der Waals surface area contributed by atoms with Gasteiger partial charge in [-0.1, -0.05) is 30.2 Å². The first-order valence-electron chi connectivity index (χ1n) is 8.28. The van der Waals surface area contributed by atoms with E-state index in [-0.39, 0.29) is 6.10 Å². The molecule has 126 valence electrons. The number of para-hydroxylation sites is 1. The summed E-state index contributed by atoms with van der Waals surface area (Å²) in [6, 6.07) is 7.47. The number of nitrogens with zero attached hydrogens (tertiary/aromatic N) is 1. The van der Waals surface area contributed by atoms with E-state index in [1.165, 1.54) is 6.42 Å². The molecule has 2 fully saturated rings. The molecule has 0 spiro atoms. The Kier molecular flexibility index (Phi) is 5.75. The van der Waals surface area contributed by atoms with Crippen LogP contribution in [0.1, 0.15) is 25.7 Å². The molecular formula is C17H23ClN2O3. The maximum Gasteiger partial charge on any atom is 0.411 e. The van der Waals surface area contributed by atoms with E-state index in [1.807, 2.05) is 12.1 Å². The third-order valence-corrected chi connectivity index (χ3v) is 4.88. The van der Waals surface area contributed by atoms with E-state index in [0.29, 0.717) is 16.8 Å². The smallest absolute Gasteiger partial charge is 0.411 e. The highest BCUT2D eigenvalue weighted by atomic mass is 35.5. The van der Waals surface area contributed by atoms with E-state index < -0.39 is 6.09 Å². The summed E-state index contributed by atoms with van der Waals surface area (Å²) in [6.07, 6.45) is 3.79. The Bertz CT molecular complexity index is 534. The lowest BCUT2D eigenvalue weighted by atomic mass is 9.91. The first-order valence-corrected chi connectivity index (χ1v) is 8.66. The van der Waals surface area contributed by atoms with Crippen LogP contribution < -0.4 is 5.32 Å². The van der Waals surface area contributed by atoms with Crippen LogP contribution in [0.5, 0.6) is 0 Å². The number of benzene rings is 1. The average molecular weight is 339 g/mol. The van der Waals surface area contributed by atoms with Crippen molar-refractivity contribution in [2.24, 2.45) is 0 Å². The first kappa shape index (κ1) is 16.6. The van der Waals surface area contributed by atoms with Gasteiger partial charge in [-0.3, -0.25) is 10.2 Å². The number of nitrogens with one attached hydrogen (secondary N) is 1. The van der Waals surface area contributed by atoms with Crippen LogP contribution in [0.3, 0.4) is 0 Å².